The molecule has 8 nitrogen and oxygen atoms in total. The van der Waals surface area contributed by atoms with E-state index in [-0.39, 0.29) is 18.8 Å². The van der Waals surface area contributed by atoms with Gasteiger partial charge in [0.05, 0.1) is 17.3 Å². The van der Waals surface area contributed by atoms with Crippen LogP contribution in [0.5, 0.6) is 17.2 Å². The Kier molecular flexibility index (Phi) is 5.95. The van der Waals surface area contributed by atoms with Gasteiger partial charge in [0.15, 0.2) is 11.5 Å². The zero-order chi connectivity index (χ0) is 27.1. The highest BCUT2D eigenvalue weighted by Gasteiger charge is 2.48. The van der Waals surface area contributed by atoms with Gasteiger partial charge in [-0.2, -0.15) is 8.75 Å². The summed E-state index contributed by atoms with van der Waals surface area (Å²) in [5.74, 6) is -0.783. The van der Waals surface area contributed by atoms with Gasteiger partial charge in [-0.05, 0) is 59.2 Å². The molecule has 1 atom stereocenters. The van der Waals surface area contributed by atoms with Crippen molar-refractivity contribution in [2.45, 2.75) is 18.8 Å². The van der Waals surface area contributed by atoms with Crippen LogP contribution in [0.25, 0.3) is 16.6 Å². The Morgan fingerprint density at radius 1 is 0.850 bits per heavy atom. The first-order chi connectivity index (χ1) is 19.6. The van der Waals surface area contributed by atoms with Crippen LogP contribution in [0.2, 0.25) is 0 Å². The van der Waals surface area contributed by atoms with E-state index in [4.69, 9.17) is 18.9 Å². The first-order valence-corrected chi connectivity index (χ1v) is 13.4. The van der Waals surface area contributed by atoms with Crippen molar-refractivity contribution in [3.8, 4) is 17.2 Å². The van der Waals surface area contributed by atoms with Crippen LogP contribution in [0.1, 0.15) is 22.3 Å². The highest BCUT2D eigenvalue weighted by Crippen LogP contribution is 2.46. The number of hydrogen-bond acceptors (Lipinski definition) is 9. The van der Waals surface area contributed by atoms with E-state index in [1.807, 2.05) is 54.6 Å². The van der Waals surface area contributed by atoms with Crippen LogP contribution in [0.4, 0.5) is 0 Å². The summed E-state index contributed by atoms with van der Waals surface area (Å²) in [5.41, 5.74) is 4.92. The molecule has 0 fully saturated rings. The number of aliphatic hydroxyl groups is 1. The smallest absolute Gasteiger partial charge is 0.342 e. The maximum Gasteiger partial charge on any atom is 0.342 e. The van der Waals surface area contributed by atoms with Gasteiger partial charge in [0.1, 0.15) is 23.4 Å². The van der Waals surface area contributed by atoms with Gasteiger partial charge in [-0.25, -0.2) is 4.79 Å². The summed E-state index contributed by atoms with van der Waals surface area (Å²) >= 11 is 1.08. The average Bonchev–Trinajstić information content (AvgIpc) is 3.71. The zero-order valence-electron chi connectivity index (χ0n) is 21.1. The van der Waals surface area contributed by atoms with Gasteiger partial charge in [-0.1, -0.05) is 48.5 Å². The molecule has 9 heteroatoms. The predicted octanol–water partition coefficient (Wildman–Crippen LogP) is 5.40. The van der Waals surface area contributed by atoms with Gasteiger partial charge in [-0.3, -0.25) is 0 Å². The molecule has 1 aromatic heterocycles. The maximum atomic E-state index is 13.4. The number of carbonyl (C=O) groups excluding carboxylic acids is 1. The molecule has 0 amide bonds. The van der Waals surface area contributed by atoms with Crippen LogP contribution in [-0.2, 0) is 28.3 Å². The first-order valence-electron chi connectivity index (χ1n) is 12.6. The fourth-order valence-electron chi connectivity index (χ4n) is 4.97. The lowest BCUT2D eigenvalue weighted by Crippen LogP contribution is -2.29. The molecule has 1 unspecified atom stereocenters. The molecule has 5 aromatic rings. The summed E-state index contributed by atoms with van der Waals surface area (Å²) in [7, 11) is 0. The van der Waals surface area contributed by atoms with E-state index in [9.17, 15) is 9.90 Å². The zero-order valence-corrected chi connectivity index (χ0v) is 21.9. The van der Waals surface area contributed by atoms with E-state index in [1.54, 1.807) is 36.4 Å². The van der Waals surface area contributed by atoms with Gasteiger partial charge in [0.25, 0.3) is 5.79 Å². The lowest BCUT2D eigenvalue weighted by molar-refractivity contribution is -0.185. The molecule has 0 saturated heterocycles. The Hall–Kier alpha value is -4.73. The van der Waals surface area contributed by atoms with Crippen molar-refractivity contribution in [3.63, 3.8) is 0 Å². The minimum Gasteiger partial charge on any atom is -0.489 e. The molecule has 0 bridgehead atoms. The highest BCUT2D eigenvalue weighted by atomic mass is 32.1. The number of nitrogens with zero attached hydrogens (tertiary/aromatic N) is 2. The molecule has 40 heavy (non-hydrogen) atoms. The summed E-state index contributed by atoms with van der Waals surface area (Å²) in [6.45, 7) is 0.565. The third-order valence-electron chi connectivity index (χ3n) is 7.01. The molecular weight excluding hydrogens is 528 g/mol. The molecule has 3 heterocycles. The Morgan fingerprint density at radius 2 is 1.65 bits per heavy atom. The van der Waals surface area contributed by atoms with Crippen LogP contribution in [0.3, 0.4) is 0 Å². The van der Waals surface area contributed by atoms with Crippen molar-refractivity contribution in [1.29, 1.82) is 0 Å². The second-order valence-electron chi connectivity index (χ2n) is 9.52. The number of rotatable bonds is 7. The summed E-state index contributed by atoms with van der Waals surface area (Å²) < 4.78 is 31.2. The normalized spacial score (nSPS) is 17.9. The number of fused-ring (bicyclic) bond motifs is 2. The van der Waals surface area contributed by atoms with E-state index < -0.39 is 11.8 Å². The fourth-order valence-corrected chi connectivity index (χ4v) is 5.48. The Balaban J connectivity index is 1.26. The summed E-state index contributed by atoms with van der Waals surface area (Å²) in [6.07, 6.45) is 0.248. The van der Waals surface area contributed by atoms with Gasteiger partial charge < -0.3 is 24.1 Å². The van der Waals surface area contributed by atoms with Crippen molar-refractivity contribution >= 4 is 34.3 Å². The van der Waals surface area contributed by atoms with Gasteiger partial charge >= 0.3 is 5.97 Å². The van der Waals surface area contributed by atoms with Crippen LogP contribution >= 0.6 is 11.7 Å². The second-order valence-corrected chi connectivity index (χ2v) is 10.0. The third kappa shape index (κ3) is 4.35. The topological polar surface area (TPSA) is 100 Å². The van der Waals surface area contributed by atoms with Gasteiger partial charge in [0, 0.05) is 17.6 Å². The van der Waals surface area contributed by atoms with Crippen molar-refractivity contribution in [2.24, 2.45) is 0 Å². The number of hydrogen-bond donors (Lipinski definition) is 1. The largest absolute Gasteiger partial charge is 0.489 e. The lowest BCUT2D eigenvalue weighted by atomic mass is 9.88. The van der Waals surface area contributed by atoms with Crippen LogP contribution in [0, 0.1) is 0 Å². The summed E-state index contributed by atoms with van der Waals surface area (Å²) in [5, 5.41) is 12.0. The Morgan fingerprint density at radius 3 is 2.50 bits per heavy atom. The average molecular weight is 551 g/mol. The number of esters is 1. The third-order valence-corrected chi connectivity index (χ3v) is 7.57. The van der Waals surface area contributed by atoms with Crippen LogP contribution in [0.15, 0.2) is 96.6 Å². The monoisotopic (exact) mass is 550 g/mol. The van der Waals surface area contributed by atoms with E-state index in [0.717, 1.165) is 22.9 Å². The summed E-state index contributed by atoms with van der Waals surface area (Å²) in [6, 6.07) is 27.9. The Bertz CT molecular complexity index is 1770. The van der Waals surface area contributed by atoms with Crippen molar-refractivity contribution in [1.82, 2.24) is 8.75 Å². The highest BCUT2D eigenvalue weighted by molar-refractivity contribution is 7.00. The number of carbonyl (C=O) groups is 1. The Labute approximate surface area is 233 Å². The molecule has 2 aliphatic rings. The van der Waals surface area contributed by atoms with Gasteiger partial charge in [-0.15, -0.1) is 0 Å². The van der Waals surface area contributed by atoms with E-state index >= 15 is 0 Å². The second kappa shape index (κ2) is 9.78. The number of benzene rings is 4. The fraction of sp³-hybridized carbons (Fsp3) is 0.129. The summed E-state index contributed by atoms with van der Waals surface area (Å²) in [4.78, 5) is 13.4. The lowest BCUT2D eigenvalue weighted by Gasteiger charge is -2.25. The van der Waals surface area contributed by atoms with E-state index in [0.29, 0.717) is 51.6 Å². The predicted molar refractivity (Wildman–Crippen MR) is 148 cm³/mol. The first kappa shape index (κ1) is 24.3. The molecule has 0 spiro atoms. The molecule has 198 valence electrons. The van der Waals surface area contributed by atoms with Crippen LogP contribution in [-0.4, -0.2) is 26.6 Å². The van der Waals surface area contributed by atoms with Crippen molar-refractivity contribution in [2.75, 3.05) is 6.79 Å². The molecular formula is C31H22N2O6S. The number of aromatic nitrogens is 2. The van der Waals surface area contributed by atoms with E-state index in [2.05, 4.69) is 8.75 Å². The molecule has 0 saturated carbocycles. The maximum absolute atomic E-state index is 13.4. The number of cyclic esters (lactones) is 1. The quantitative estimate of drug-likeness (QED) is 0.269. The SMILES string of the molecule is O=C1OC(O)(c2ccc3nsnc3c2)C(Cc2ccc(OCc3ccccc3)cc2)=C1c1ccc2c(c1)OCO2. The minimum absolute atomic E-state index is 0.111. The minimum atomic E-state index is -2.00. The van der Waals surface area contributed by atoms with Crippen molar-refractivity contribution < 1.29 is 28.8 Å². The molecule has 2 aliphatic heterocycles. The number of ether oxygens (including phenoxy) is 4. The van der Waals surface area contributed by atoms with Gasteiger partial charge in [0.2, 0.25) is 6.79 Å². The van der Waals surface area contributed by atoms with Crippen molar-refractivity contribution in [3.05, 3.63) is 119 Å². The van der Waals surface area contributed by atoms with E-state index in [1.165, 1.54) is 0 Å². The molecule has 1 N–H and O–H groups in total. The molecule has 4 aromatic carbocycles. The molecule has 7 rings (SSSR count). The standard InChI is InChI=1S/C31H22N2O6S/c34-30-29(21-8-13-27-28(15-21)38-18-37-27)24(31(35,39-30)22-9-12-25-26(16-22)33-40-32-25)14-19-6-10-23(11-7-19)36-17-20-4-2-1-3-5-20/h1-13,15-16,35H,14,17-18H2. The molecule has 0 aliphatic carbocycles. The molecule has 0 radical (unpaired) electrons. The van der Waals surface area contributed by atoms with Crippen LogP contribution < -0.4 is 14.2 Å².